The lowest BCUT2D eigenvalue weighted by molar-refractivity contribution is -0.139. The Morgan fingerprint density at radius 3 is 2.55 bits per heavy atom. The summed E-state index contributed by atoms with van der Waals surface area (Å²) in [5.41, 5.74) is 0.0309. The molecule has 1 aromatic heterocycles. The summed E-state index contributed by atoms with van der Waals surface area (Å²) in [7, 11) is 0. The number of halogens is 1. The van der Waals surface area contributed by atoms with E-state index in [1.807, 2.05) is 0 Å². The first-order valence-corrected chi connectivity index (χ1v) is 6.79. The third-order valence-corrected chi connectivity index (χ3v) is 2.69. The van der Waals surface area contributed by atoms with Crippen molar-refractivity contribution in [3.63, 3.8) is 0 Å². The van der Waals surface area contributed by atoms with Crippen molar-refractivity contribution in [2.45, 2.75) is 38.8 Å². The van der Waals surface area contributed by atoms with Crippen molar-refractivity contribution in [2.75, 3.05) is 0 Å². The number of pyridine rings is 1. The highest BCUT2D eigenvalue weighted by Crippen LogP contribution is 2.10. The normalized spacial score (nSPS) is 12.6. The van der Waals surface area contributed by atoms with E-state index in [1.54, 1.807) is 39.1 Å². The van der Waals surface area contributed by atoms with Crippen molar-refractivity contribution in [1.82, 2.24) is 10.3 Å². The lowest BCUT2D eigenvalue weighted by Crippen LogP contribution is -2.44. The van der Waals surface area contributed by atoms with E-state index in [1.165, 1.54) is 0 Å². The molecule has 110 valence electrons. The fourth-order valence-corrected chi connectivity index (χ4v) is 1.65. The number of hydrogen-bond acceptors (Lipinski definition) is 4. The summed E-state index contributed by atoms with van der Waals surface area (Å²) in [5, 5.41) is 11.5. The van der Waals surface area contributed by atoms with Crippen LogP contribution in [0.25, 0.3) is 0 Å². The van der Waals surface area contributed by atoms with E-state index in [9.17, 15) is 9.59 Å². The van der Waals surface area contributed by atoms with E-state index >= 15 is 0 Å². The molecular formula is C13H17BrN2O4. The van der Waals surface area contributed by atoms with Crippen molar-refractivity contribution < 1.29 is 19.4 Å². The van der Waals surface area contributed by atoms with Crippen molar-refractivity contribution in [2.24, 2.45) is 0 Å². The maximum atomic E-state index is 11.6. The number of carbonyl (C=O) groups is 2. The van der Waals surface area contributed by atoms with E-state index in [0.29, 0.717) is 10.2 Å². The molecule has 0 fully saturated rings. The minimum absolute atomic E-state index is 0.134. The second-order valence-corrected chi connectivity index (χ2v) is 6.04. The predicted octanol–water partition coefficient (Wildman–Crippen LogP) is 2.36. The van der Waals surface area contributed by atoms with Crippen molar-refractivity contribution in [3.8, 4) is 0 Å². The van der Waals surface area contributed by atoms with E-state index in [2.05, 4.69) is 26.2 Å². The number of rotatable bonds is 4. The van der Waals surface area contributed by atoms with Crippen LogP contribution >= 0.6 is 15.9 Å². The highest BCUT2D eigenvalue weighted by atomic mass is 79.9. The Hall–Kier alpha value is -1.63. The number of carboxylic acid groups (broad SMARTS) is 1. The zero-order valence-electron chi connectivity index (χ0n) is 11.5. The molecule has 1 amide bonds. The van der Waals surface area contributed by atoms with Gasteiger partial charge in [-0.2, -0.15) is 0 Å². The maximum Gasteiger partial charge on any atom is 0.408 e. The number of aromatic nitrogens is 1. The van der Waals surface area contributed by atoms with Gasteiger partial charge in [0.1, 0.15) is 16.2 Å². The van der Waals surface area contributed by atoms with Gasteiger partial charge in [0.15, 0.2) is 0 Å². The molecule has 0 saturated heterocycles. The van der Waals surface area contributed by atoms with Gasteiger partial charge in [-0.25, -0.2) is 14.6 Å². The number of nitrogens with one attached hydrogen (secondary N) is 1. The standard InChI is InChI=1S/C13H17BrN2O4/c1-13(2,3)20-12(19)16-9(11(17)18)6-8-4-5-10(14)15-7-8/h4-5,7,9H,6H2,1-3H3,(H,16,19)(H,17,18)/t9-/m1/s1. The summed E-state index contributed by atoms with van der Waals surface area (Å²) >= 11 is 3.20. The first-order chi connectivity index (χ1) is 9.17. The molecule has 0 unspecified atom stereocenters. The van der Waals surface area contributed by atoms with Crippen LogP contribution in [0.1, 0.15) is 26.3 Å². The average molecular weight is 345 g/mol. The van der Waals surface area contributed by atoms with Gasteiger partial charge in [-0.05, 0) is 48.3 Å². The number of alkyl carbamates (subject to hydrolysis) is 1. The summed E-state index contributed by atoms with van der Waals surface area (Å²) < 4.78 is 5.70. The van der Waals surface area contributed by atoms with Gasteiger partial charge in [0, 0.05) is 12.6 Å². The van der Waals surface area contributed by atoms with Crippen LogP contribution in [0.2, 0.25) is 0 Å². The van der Waals surface area contributed by atoms with Crippen molar-refractivity contribution in [3.05, 3.63) is 28.5 Å². The molecule has 0 radical (unpaired) electrons. The zero-order chi connectivity index (χ0) is 15.3. The quantitative estimate of drug-likeness (QED) is 0.818. The molecule has 1 rings (SSSR count). The molecule has 1 heterocycles. The summed E-state index contributed by atoms with van der Waals surface area (Å²) in [6.45, 7) is 5.13. The van der Waals surface area contributed by atoms with Gasteiger partial charge in [-0.3, -0.25) is 0 Å². The average Bonchev–Trinajstić information content (AvgIpc) is 2.28. The Balaban J connectivity index is 2.68. The van der Waals surface area contributed by atoms with Gasteiger partial charge in [-0.1, -0.05) is 6.07 Å². The Labute approximate surface area is 125 Å². The van der Waals surface area contributed by atoms with Crippen LogP contribution in [-0.2, 0) is 16.0 Å². The Morgan fingerprint density at radius 1 is 1.45 bits per heavy atom. The largest absolute Gasteiger partial charge is 0.480 e. The van der Waals surface area contributed by atoms with E-state index in [-0.39, 0.29) is 6.42 Å². The van der Waals surface area contributed by atoms with Crippen LogP contribution in [-0.4, -0.2) is 33.8 Å². The number of carbonyl (C=O) groups excluding carboxylic acids is 1. The fourth-order valence-electron chi connectivity index (χ4n) is 1.41. The van der Waals surface area contributed by atoms with Crippen LogP contribution in [0.5, 0.6) is 0 Å². The molecule has 1 atom stereocenters. The molecule has 1 aromatic rings. The Bertz CT molecular complexity index is 482. The maximum absolute atomic E-state index is 11.6. The van der Waals surface area contributed by atoms with Crippen LogP contribution < -0.4 is 5.32 Å². The zero-order valence-corrected chi connectivity index (χ0v) is 13.1. The van der Waals surface area contributed by atoms with Crippen molar-refractivity contribution in [1.29, 1.82) is 0 Å². The lowest BCUT2D eigenvalue weighted by Gasteiger charge is -2.22. The van der Waals surface area contributed by atoms with E-state index in [0.717, 1.165) is 0 Å². The molecule has 0 saturated carbocycles. The van der Waals surface area contributed by atoms with Gasteiger partial charge < -0.3 is 15.2 Å². The predicted molar refractivity (Wildman–Crippen MR) is 76.4 cm³/mol. The minimum Gasteiger partial charge on any atom is -0.480 e. The minimum atomic E-state index is -1.13. The van der Waals surface area contributed by atoms with Gasteiger partial charge in [-0.15, -0.1) is 0 Å². The fraction of sp³-hybridized carbons (Fsp3) is 0.462. The molecular weight excluding hydrogens is 328 g/mol. The number of hydrogen-bond donors (Lipinski definition) is 2. The second kappa shape index (κ2) is 6.69. The van der Waals surface area contributed by atoms with Gasteiger partial charge in [0.05, 0.1) is 0 Å². The number of aliphatic carboxylic acids is 1. The third kappa shape index (κ3) is 6.01. The third-order valence-electron chi connectivity index (χ3n) is 2.22. The molecule has 0 aliphatic heterocycles. The van der Waals surface area contributed by atoms with E-state index in [4.69, 9.17) is 9.84 Å². The number of ether oxygens (including phenoxy) is 1. The molecule has 2 N–H and O–H groups in total. The first kappa shape index (κ1) is 16.4. The van der Waals surface area contributed by atoms with Gasteiger partial charge in [0.25, 0.3) is 0 Å². The molecule has 0 spiro atoms. The SMILES string of the molecule is CC(C)(C)OC(=O)N[C@H](Cc1ccc(Br)nc1)C(=O)O. The molecule has 0 aliphatic rings. The molecule has 0 bridgehead atoms. The summed E-state index contributed by atoms with van der Waals surface area (Å²) in [4.78, 5) is 26.8. The molecule has 0 aromatic carbocycles. The van der Waals surface area contributed by atoms with Crippen LogP contribution in [0.4, 0.5) is 4.79 Å². The first-order valence-electron chi connectivity index (χ1n) is 6.00. The van der Waals surface area contributed by atoms with Crippen LogP contribution in [0.15, 0.2) is 22.9 Å². The number of amides is 1. The van der Waals surface area contributed by atoms with Crippen LogP contribution in [0.3, 0.4) is 0 Å². The molecule has 20 heavy (non-hydrogen) atoms. The number of nitrogens with zero attached hydrogens (tertiary/aromatic N) is 1. The smallest absolute Gasteiger partial charge is 0.408 e. The molecule has 0 aliphatic carbocycles. The lowest BCUT2D eigenvalue weighted by atomic mass is 10.1. The Kier molecular flexibility index (Phi) is 5.50. The summed E-state index contributed by atoms with van der Waals surface area (Å²) in [6.07, 6.45) is 0.932. The van der Waals surface area contributed by atoms with Crippen LogP contribution in [0, 0.1) is 0 Å². The second-order valence-electron chi connectivity index (χ2n) is 5.23. The topological polar surface area (TPSA) is 88.5 Å². The van der Waals surface area contributed by atoms with Crippen molar-refractivity contribution >= 4 is 28.0 Å². The highest BCUT2D eigenvalue weighted by molar-refractivity contribution is 9.10. The highest BCUT2D eigenvalue weighted by Gasteiger charge is 2.24. The summed E-state index contributed by atoms with van der Waals surface area (Å²) in [5.74, 6) is -1.13. The monoisotopic (exact) mass is 344 g/mol. The number of carboxylic acids is 1. The Morgan fingerprint density at radius 2 is 2.10 bits per heavy atom. The van der Waals surface area contributed by atoms with Gasteiger partial charge >= 0.3 is 12.1 Å². The van der Waals surface area contributed by atoms with E-state index < -0.39 is 23.7 Å². The molecule has 6 nitrogen and oxygen atoms in total. The molecule has 7 heteroatoms. The summed E-state index contributed by atoms with van der Waals surface area (Å²) in [6, 6.07) is 2.39. The van der Waals surface area contributed by atoms with Gasteiger partial charge in [0.2, 0.25) is 0 Å².